The first kappa shape index (κ1) is 7.25. The third kappa shape index (κ3) is 1.19. The second-order valence-electron chi connectivity index (χ2n) is 3.31. The predicted molar refractivity (Wildman–Crippen MR) is 38.1 cm³/mol. The lowest BCUT2D eigenvalue weighted by atomic mass is 9.89. The van der Waals surface area contributed by atoms with Crippen LogP contribution in [0.5, 0.6) is 0 Å². The molecule has 2 bridgehead atoms. The highest BCUT2D eigenvalue weighted by Crippen LogP contribution is 2.28. The number of ketones is 1. The smallest absolute Gasteiger partial charge is 0.161 e. The van der Waals surface area contributed by atoms with Gasteiger partial charge in [-0.2, -0.15) is 0 Å². The fourth-order valence-electron chi connectivity index (χ4n) is 1.82. The molecule has 0 amide bonds. The van der Waals surface area contributed by atoms with Crippen molar-refractivity contribution >= 4 is 5.78 Å². The molecule has 1 N–H and O–H groups in total. The Bertz CT molecular complexity index is 178. The number of carbonyl (C=O) groups is 1. The van der Waals surface area contributed by atoms with Crippen LogP contribution >= 0.6 is 0 Å². The second kappa shape index (κ2) is 2.57. The van der Waals surface area contributed by atoms with Crippen molar-refractivity contribution in [3.05, 3.63) is 0 Å². The fourth-order valence-corrected chi connectivity index (χ4v) is 1.82. The van der Waals surface area contributed by atoms with E-state index in [4.69, 9.17) is 4.74 Å². The summed E-state index contributed by atoms with van der Waals surface area (Å²) in [5.74, 6) is 0.216. The molecule has 0 aromatic carbocycles. The summed E-state index contributed by atoms with van der Waals surface area (Å²) < 4.78 is 5.35. The lowest BCUT2D eigenvalue weighted by Gasteiger charge is -2.36. The Hall–Kier alpha value is -0.410. The summed E-state index contributed by atoms with van der Waals surface area (Å²) in [4.78, 5) is 11.1. The Kier molecular flexibility index (Phi) is 1.69. The number of carbonyl (C=O) groups excluding carboxylic acids is 1. The van der Waals surface area contributed by atoms with Gasteiger partial charge in [-0.25, -0.2) is 0 Å². The summed E-state index contributed by atoms with van der Waals surface area (Å²) >= 11 is 0. The number of hydrogen-bond donors (Lipinski definition) is 1. The van der Waals surface area contributed by atoms with Crippen molar-refractivity contribution < 1.29 is 14.6 Å². The Balaban J connectivity index is 2.08. The van der Waals surface area contributed by atoms with Crippen molar-refractivity contribution in [3.63, 3.8) is 0 Å². The third-order valence-electron chi connectivity index (χ3n) is 2.53. The fraction of sp³-hybridized carbons (Fsp3) is 0.875. The van der Waals surface area contributed by atoms with Gasteiger partial charge in [0.05, 0.1) is 12.2 Å². The molecule has 11 heavy (non-hydrogen) atoms. The van der Waals surface area contributed by atoms with Crippen molar-refractivity contribution in [2.45, 2.75) is 44.0 Å². The van der Waals surface area contributed by atoms with Gasteiger partial charge < -0.3 is 9.84 Å². The molecule has 0 aromatic rings. The number of Topliss-reactive ketones (excluding diaryl/α,β-unsaturated/α-hetero) is 1. The zero-order valence-corrected chi connectivity index (χ0v) is 6.32. The van der Waals surface area contributed by atoms with E-state index in [0.717, 1.165) is 6.42 Å². The van der Waals surface area contributed by atoms with Gasteiger partial charge in [0.25, 0.3) is 0 Å². The monoisotopic (exact) mass is 156 g/mol. The van der Waals surface area contributed by atoms with Crippen molar-refractivity contribution in [3.8, 4) is 0 Å². The highest BCUT2D eigenvalue weighted by atomic mass is 16.5. The van der Waals surface area contributed by atoms with Crippen LogP contribution in [0.25, 0.3) is 0 Å². The summed E-state index contributed by atoms with van der Waals surface area (Å²) in [6, 6.07) is 0. The van der Waals surface area contributed by atoms with E-state index < -0.39 is 0 Å². The molecule has 2 aliphatic heterocycles. The molecule has 0 aromatic heterocycles. The molecule has 2 fully saturated rings. The average Bonchev–Trinajstić information content (AvgIpc) is 2.02. The molecular weight excluding hydrogens is 144 g/mol. The minimum absolute atomic E-state index is 0.0635. The maximum absolute atomic E-state index is 11.1. The number of hydrogen-bond acceptors (Lipinski definition) is 3. The maximum Gasteiger partial charge on any atom is 0.161 e. The number of rotatable bonds is 0. The van der Waals surface area contributed by atoms with Gasteiger partial charge in [-0.1, -0.05) is 0 Å². The first-order valence-corrected chi connectivity index (χ1v) is 4.13. The predicted octanol–water partition coefficient (Wildman–Crippen LogP) is 0.258. The van der Waals surface area contributed by atoms with E-state index in [-0.39, 0.29) is 24.1 Å². The first-order valence-electron chi connectivity index (χ1n) is 4.13. The first-order chi connectivity index (χ1) is 5.27. The Labute approximate surface area is 65.4 Å². The van der Waals surface area contributed by atoms with E-state index >= 15 is 0 Å². The molecule has 3 heteroatoms. The van der Waals surface area contributed by atoms with Crippen LogP contribution in [-0.2, 0) is 9.53 Å². The summed E-state index contributed by atoms with van der Waals surface area (Å²) in [7, 11) is 0. The Morgan fingerprint density at radius 3 is 3.00 bits per heavy atom. The lowest BCUT2D eigenvalue weighted by molar-refractivity contribution is -0.165. The molecule has 2 aliphatic rings. The standard InChI is InChI=1S/C8H12O3/c9-5-1-3-7-6(10)2-4-8(5)11-7/h5,7-9H,1-4H2/t5-,7-,8-/m1/s1. The molecule has 3 atom stereocenters. The van der Waals surface area contributed by atoms with Gasteiger partial charge in [-0.05, 0) is 19.3 Å². The molecule has 2 heterocycles. The minimum Gasteiger partial charge on any atom is -0.390 e. The van der Waals surface area contributed by atoms with Crippen LogP contribution in [0.1, 0.15) is 25.7 Å². The van der Waals surface area contributed by atoms with E-state index in [1.807, 2.05) is 0 Å². The van der Waals surface area contributed by atoms with Crippen LogP contribution < -0.4 is 0 Å². The van der Waals surface area contributed by atoms with Gasteiger partial charge in [0.2, 0.25) is 0 Å². The maximum atomic E-state index is 11.1. The lowest BCUT2D eigenvalue weighted by Crippen LogP contribution is -2.46. The molecule has 3 nitrogen and oxygen atoms in total. The SMILES string of the molecule is O=C1CC[C@H]2O[C@@H]1CC[C@H]2O. The van der Waals surface area contributed by atoms with Crippen LogP contribution in [0.3, 0.4) is 0 Å². The van der Waals surface area contributed by atoms with Crippen molar-refractivity contribution in [1.29, 1.82) is 0 Å². The number of ether oxygens (including phenoxy) is 1. The number of fused-ring (bicyclic) bond motifs is 2. The minimum atomic E-state index is -0.334. The molecule has 0 saturated carbocycles. The average molecular weight is 156 g/mol. The van der Waals surface area contributed by atoms with Crippen molar-refractivity contribution in [1.82, 2.24) is 0 Å². The van der Waals surface area contributed by atoms with E-state index in [2.05, 4.69) is 0 Å². The molecule has 0 unspecified atom stereocenters. The molecule has 0 spiro atoms. The van der Waals surface area contributed by atoms with E-state index in [1.54, 1.807) is 0 Å². The Morgan fingerprint density at radius 1 is 1.36 bits per heavy atom. The van der Waals surface area contributed by atoms with Crippen LogP contribution in [0.15, 0.2) is 0 Å². The van der Waals surface area contributed by atoms with Crippen LogP contribution in [-0.4, -0.2) is 29.2 Å². The highest BCUT2D eigenvalue weighted by molar-refractivity contribution is 5.83. The third-order valence-corrected chi connectivity index (χ3v) is 2.53. The van der Waals surface area contributed by atoms with Crippen LogP contribution in [0, 0.1) is 0 Å². The molecule has 2 saturated heterocycles. The molecule has 0 aliphatic carbocycles. The van der Waals surface area contributed by atoms with E-state index in [0.29, 0.717) is 19.3 Å². The highest BCUT2D eigenvalue weighted by Gasteiger charge is 2.37. The number of aliphatic hydroxyl groups is 1. The second-order valence-corrected chi connectivity index (χ2v) is 3.31. The molecule has 62 valence electrons. The summed E-state index contributed by atoms with van der Waals surface area (Å²) in [6.07, 6.45) is 2.13. The summed E-state index contributed by atoms with van der Waals surface area (Å²) in [5, 5.41) is 9.37. The Morgan fingerprint density at radius 2 is 2.18 bits per heavy atom. The van der Waals surface area contributed by atoms with Gasteiger partial charge in [0.1, 0.15) is 6.10 Å². The van der Waals surface area contributed by atoms with E-state index in [9.17, 15) is 9.90 Å². The largest absolute Gasteiger partial charge is 0.390 e. The van der Waals surface area contributed by atoms with Gasteiger partial charge in [-0.15, -0.1) is 0 Å². The number of aliphatic hydroxyl groups excluding tert-OH is 1. The van der Waals surface area contributed by atoms with E-state index in [1.165, 1.54) is 0 Å². The van der Waals surface area contributed by atoms with Gasteiger partial charge in [0.15, 0.2) is 5.78 Å². The molecule has 0 radical (unpaired) electrons. The summed E-state index contributed by atoms with van der Waals surface area (Å²) in [5.41, 5.74) is 0. The molecule has 2 rings (SSSR count). The zero-order chi connectivity index (χ0) is 7.84. The van der Waals surface area contributed by atoms with Gasteiger partial charge in [-0.3, -0.25) is 4.79 Å². The summed E-state index contributed by atoms with van der Waals surface area (Å²) in [6.45, 7) is 0. The van der Waals surface area contributed by atoms with Crippen LogP contribution in [0.4, 0.5) is 0 Å². The molecular formula is C8H12O3. The normalized spacial score (nSPS) is 44.1. The van der Waals surface area contributed by atoms with Crippen molar-refractivity contribution in [2.75, 3.05) is 0 Å². The van der Waals surface area contributed by atoms with Crippen molar-refractivity contribution in [2.24, 2.45) is 0 Å². The topological polar surface area (TPSA) is 46.5 Å². The zero-order valence-electron chi connectivity index (χ0n) is 6.32. The van der Waals surface area contributed by atoms with Gasteiger partial charge >= 0.3 is 0 Å². The van der Waals surface area contributed by atoms with Crippen LogP contribution in [0.2, 0.25) is 0 Å². The van der Waals surface area contributed by atoms with Gasteiger partial charge in [0, 0.05) is 6.42 Å². The quantitative estimate of drug-likeness (QED) is 0.547.